The zero-order valence-corrected chi connectivity index (χ0v) is 43.6. The minimum Gasteiger partial charge on any atom is -0.462 e. The highest BCUT2D eigenvalue weighted by Gasteiger charge is 2.19. The fourth-order valence-electron chi connectivity index (χ4n) is 6.95. The highest BCUT2D eigenvalue weighted by molar-refractivity contribution is 5.72. The van der Waals surface area contributed by atoms with Crippen molar-refractivity contribution in [3.05, 3.63) is 134 Å². The lowest BCUT2D eigenvalue weighted by Crippen LogP contribution is -2.30. The van der Waals surface area contributed by atoms with Crippen LogP contribution in [0.4, 0.5) is 0 Å². The highest BCUT2D eigenvalue weighted by atomic mass is 16.6. The molecule has 0 aliphatic heterocycles. The van der Waals surface area contributed by atoms with Gasteiger partial charge in [-0.2, -0.15) is 0 Å². The van der Waals surface area contributed by atoms with Crippen molar-refractivity contribution in [3.63, 3.8) is 0 Å². The summed E-state index contributed by atoms with van der Waals surface area (Å²) in [6, 6.07) is 0. The number of rotatable bonds is 47. The summed E-state index contributed by atoms with van der Waals surface area (Å²) in [5, 5.41) is 0. The maximum atomic E-state index is 12.8. The summed E-state index contributed by atoms with van der Waals surface area (Å²) in [5.74, 6) is -1.16. The average molecular weight is 939 g/mol. The van der Waals surface area contributed by atoms with Crippen molar-refractivity contribution in [3.8, 4) is 0 Å². The van der Waals surface area contributed by atoms with Crippen LogP contribution in [0.15, 0.2) is 134 Å². The first-order valence-electron chi connectivity index (χ1n) is 27.2. The van der Waals surface area contributed by atoms with Crippen LogP contribution < -0.4 is 0 Å². The van der Waals surface area contributed by atoms with E-state index in [9.17, 15) is 14.4 Å². The van der Waals surface area contributed by atoms with E-state index < -0.39 is 12.1 Å². The van der Waals surface area contributed by atoms with E-state index in [2.05, 4.69) is 130 Å². The van der Waals surface area contributed by atoms with Crippen molar-refractivity contribution in [1.29, 1.82) is 0 Å². The molecule has 0 rings (SSSR count). The number of carbonyl (C=O) groups is 3. The predicted octanol–water partition coefficient (Wildman–Crippen LogP) is 18.3. The number of unbranched alkanes of at least 4 members (excludes halogenated alkanes) is 15. The normalized spacial score (nSPS) is 13.2. The number of esters is 3. The molecule has 0 saturated carbocycles. The monoisotopic (exact) mass is 939 g/mol. The molecule has 0 aliphatic carbocycles. The zero-order valence-electron chi connectivity index (χ0n) is 43.6. The Balaban J connectivity index is 4.61. The summed E-state index contributed by atoms with van der Waals surface area (Å²) in [5.41, 5.74) is 0. The Morgan fingerprint density at radius 2 is 0.632 bits per heavy atom. The van der Waals surface area contributed by atoms with Crippen molar-refractivity contribution < 1.29 is 28.6 Å². The van der Waals surface area contributed by atoms with E-state index in [1.165, 1.54) is 83.5 Å². The Labute approximate surface area is 417 Å². The second-order valence-electron chi connectivity index (χ2n) is 17.4. The third kappa shape index (κ3) is 52.5. The molecule has 0 N–H and O–H groups in total. The molecule has 0 aliphatic rings. The number of allylic oxidation sites excluding steroid dienone is 21. The molecule has 0 saturated heterocycles. The maximum Gasteiger partial charge on any atom is 0.309 e. The van der Waals surface area contributed by atoms with Gasteiger partial charge >= 0.3 is 17.9 Å². The molecule has 0 spiro atoms. The molecule has 0 aromatic carbocycles. The van der Waals surface area contributed by atoms with Crippen LogP contribution in [0, 0.1) is 0 Å². The van der Waals surface area contributed by atoms with Crippen LogP contribution in [0.25, 0.3) is 0 Å². The van der Waals surface area contributed by atoms with Crippen LogP contribution in [0.1, 0.15) is 220 Å². The summed E-state index contributed by atoms with van der Waals surface area (Å²) in [6.07, 6.45) is 77.6. The molecule has 0 radical (unpaired) electrons. The molecule has 6 nitrogen and oxygen atoms in total. The van der Waals surface area contributed by atoms with Gasteiger partial charge in [-0.25, -0.2) is 0 Å². The number of carbonyl (C=O) groups excluding carboxylic acids is 3. The third-order valence-electron chi connectivity index (χ3n) is 10.9. The van der Waals surface area contributed by atoms with Crippen molar-refractivity contribution in [2.45, 2.75) is 226 Å². The van der Waals surface area contributed by atoms with Crippen LogP contribution >= 0.6 is 0 Å². The van der Waals surface area contributed by atoms with Gasteiger partial charge in [0.15, 0.2) is 6.10 Å². The molecule has 382 valence electrons. The molecule has 0 amide bonds. The summed E-state index contributed by atoms with van der Waals surface area (Å²) in [7, 11) is 0. The van der Waals surface area contributed by atoms with Gasteiger partial charge in [0.2, 0.25) is 0 Å². The Morgan fingerprint density at radius 3 is 1.00 bits per heavy atom. The van der Waals surface area contributed by atoms with Gasteiger partial charge in [0, 0.05) is 12.8 Å². The minimum absolute atomic E-state index is 0.110. The Bertz CT molecular complexity index is 1500. The summed E-state index contributed by atoms with van der Waals surface area (Å²) >= 11 is 0. The smallest absolute Gasteiger partial charge is 0.309 e. The van der Waals surface area contributed by atoms with Gasteiger partial charge in [-0.05, 0) is 83.5 Å². The first-order valence-corrected chi connectivity index (χ1v) is 27.2. The van der Waals surface area contributed by atoms with Crippen LogP contribution in [0.2, 0.25) is 0 Å². The predicted molar refractivity (Wildman–Crippen MR) is 292 cm³/mol. The minimum atomic E-state index is -0.851. The number of ether oxygens (including phenoxy) is 3. The quantitative estimate of drug-likeness (QED) is 0.0262. The van der Waals surface area contributed by atoms with Gasteiger partial charge in [0.1, 0.15) is 13.2 Å². The van der Waals surface area contributed by atoms with Crippen LogP contribution in [0.5, 0.6) is 0 Å². The topological polar surface area (TPSA) is 78.9 Å². The van der Waals surface area contributed by atoms with Crippen molar-refractivity contribution in [2.75, 3.05) is 13.2 Å². The lowest BCUT2D eigenvalue weighted by atomic mass is 10.0. The molecule has 1 atom stereocenters. The maximum absolute atomic E-state index is 12.8. The van der Waals surface area contributed by atoms with Gasteiger partial charge in [-0.15, -0.1) is 0 Å². The van der Waals surface area contributed by atoms with E-state index in [1.807, 2.05) is 18.2 Å². The Morgan fingerprint density at radius 1 is 0.324 bits per heavy atom. The Kier molecular flexibility index (Phi) is 51.5. The first kappa shape index (κ1) is 63.6. The van der Waals surface area contributed by atoms with E-state index >= 15 is 0 Å². The summed E-state index contributed by atoms with van der Waals surface area (Å²) in [6.45, 7) is 6.25. The van der Waals surface area contributed by atoms with E-state index in [-0.39, 0.29) is 38.0 Å². The van der Waals surface area contributed by atoms with Gasteiger partial charge in [-0.3, -0.25) is 14.4 Å². The van der Waals surface area contributed by atoms with E-state index in [0.29, 0.717) is 12.8 Å². The molecule has 0 heterocycles. The fraction of sp³-hybridized carbons (Fsp3) is 0.597. The summed E-state index contributed by atoms with van der Waals surface area (Å²) < 4.78 is 16.7. The first-order chi connectivity index (χ1) is 33.5. The van der Waals surface area contributed by atoms with E-state index in [4.69, 9.17) is 14.2 Å². The molecule has 0 aromatic heterocycles. The molecule has 0 fully saturated rings. The van der Waals surface area contributed by atoms with E-state index in [0.717, 1.165) is 89.9 Å². The number of hydrogen-bond acceptors (Lipinski definition) is 6. The second-order valence-corrected chi connectivity index (χ2v) is 17.4. The van der Waals surface area contributed by atoms with Gasteiger partial charge in [0.05, 0.1) is 6.42 Å². The van der Waals surface area contributed by atoms with Crippen LogP contribution in [-0.4, -0.2) is 37.2 Å². The van der Waals surface area contributed by atoms with Crippen molar-refractivity contribution in [2.24, 2.45) is 0 Å². The fourth-order valence-corrected chi connectivity index (χ4v) is 6.95. The third-order valence-corrected chi connectivity index (χ3v) is 10.9. The SMILES string of the molecule is CC/C=C\C/C=C\C/C=C\C/C=C\C/C=C\C/C=C\CCC(=O)OCC(COC(=O)C/C=C\C/C=C\C/C=C\C/C=C\C/C=C\CC)OC(=O)CCCCCCCCCCCCCCCCCC. The van der Waals surface area contributed by atoms with Gasteiger partial charge < -0.3 is 14.2 Å². The zero-order chi connectivity index (χ0) is 49.3. The van der Waals surface area contributed by atoms with Crippen molar-refractivity contribution in [1.82, 2.24) is 0 Å². The Hall–Kier alpha value is -4.45. The standard InChI is InChI=1S/C62H98O6/c1-4-7-10-13-16-19-22-25-28-30-31-32-35-37-40-43-46-49-52-55-61(64)67-58-59(57-66-60(63)54-51-48-45-42-39-36-33-27-24-21-18-15-12-9-6-3)68-62(65)56-53-50-47-44-41-38-34-29-26-23-20-17-14-11-8-5-2/h7,9-10,12,16,18-19,21,25,27-28,31-33,37,39-40,42,46,48-49,51,59H,4-6,8,11,13-15,17,20,22-24,26,29-30,34-36,38,41,43-45,47,50,52-58H2,1-3H3/b10-7-,12-9-,19-16-,21-18-,28-25-,32-31-,33-27-,40-37-,42-39-,49-46-,51-48-. The highest BCUT2D eigenvalue weighted by Crippen LogP contribution is 2.15. The number of hydrogen-bond donors (Lipinski definition) is 0. The van der Waals surface area contributed by atoms with Gasteiger partial charge in [-0.1, -0.05) is 251 Å². The molecule has 6 heteroatoms. The molecule has 68 heavy (non-hydrogen) atoms. The lowest BCUT2D eigenvalue weighted by Gasteiger charge is -2.18. The molecule has 0 bridgehead atoms. The lowest BCUT2D eigenvalue weighted by molar-refractivity contribution is -0.166. The molecule has 1 unspecified atom stereocenters. The summed E-state index contributed by atoms with van der Waals surface area (Å²) in [4.78, 5) is 38.0. The van der Waals surface area contributed by atoms with Gasteiger partial charge in [0.25, 0.3) is 0 Å². The van der Waals surface area contributed by atoms with Crippen molar-refractivity contribution >= 4 is 17.9 Å². The van der Waals surface area contributed by atoms with Crippen LogP contribution in [0.3, 0.4) is 0 Å². The molecular formula is C62H98O6. The van der Waals surface area contributed by atoms with Crippen LogP contribution in [-0.2, 0) is 28.6 Å². The molecular weight excluding hydrogens is 841 g/mol. The molecule has 0 aromatic rings. The van der Waals surface area contributed by atoms with E-state index in [1.54, 1.807) is 6.08 Å². The second kappa shape index (κ2) is 55.1. The average Bonchev–Trinajstić information content (AvgIpc) is 3.34. The largest absolute Gasteiger partial charge is 0.462 e.